The summed E-state index contributed by atoms with van der Waals surface area (Å²) in [5, 5.41) is 3.97. The van der Waals surface area contributed by atoms with Gasteiger partial charge in [-0.1, -0.05) is 42.1 Å². The predicted molar refractivity (Wildman–Crippen MR) is 132 cm³/mol. The molecule has 0 aliphatic heterocycles. The molecule has 0 aromatic heterocycles. The number of hydrogen-bond acceptors (Lipinski definition) is 3. The molecule has 1 unspecified atom stereocenters. The SMILES string of the molecule is CC(C(=O)NC1CCCC1)N(Cc1c(Cl)cccc1Cl)C(=O)COc1ccc(I)cc1. The number of halogens is 3. The number of nitrogens with one attached hydrogen (secondary N) is 1. The Morgan fingerprint density at radius 3 is 2.35 bits per heavy atom. The molecule has 1 saturated carbocycles. The van der Waals surface area contributed by atoms with Gasteiger partial charge in [0, 0.05) is 31.8 Å². The van der Waals surface area contributed by atoms with Gasteiger partial charge in [0.2, 0.25) is 5.91 Å². The summed E-state index contributed by atoms with van der Waals surface area (Å²) in [6, 6.07) is 12.1. The van der Waals surface area contributed by atoms with Crippen molar-refractivity contribution in [1.82, 2.24) is 10.2 Å². The molecule has 2 aromatic carbocycles. The maximum atomic E-state index is 13.1. The van der Waals surface area contributed by atoms with E-state index in [1.165, 1.54) is 4.90 Å². The second-order valence-corrected chi connectivity index (χ2v) is 9.69. The summed E-state index contributed by atoms with van der Waals surface area (Å²) in [6.45, 7) is 1.65. The second-order valence-electron chi connectivity index (χ2n) is 7.63. The molecular weight excluding hydrogens is 550 g/mol. The van der Waals surface area contributed by atoms with Crippen LogP contribution in [0.25, 0.3) is 0 Å². The smallest absolute Gasteiger partial charge is 0.261 e. The van der Waals surface area contributed by atoms with Gasteiger partial charge in [-0.2, -0.15) is 0 Å². The van der Waals surface area contributed by atoms with Crippen molar-refractivity contribution in [3.05, 3.63) is 61.6 Å². The van der Waals surface area contributed by atoms with Crippen molar-refractivity contribution in [2.24, 2.45) is 0 Å². The molecule has 3 rings (SSSR count). The third-order valence-corrected chi connectivity index (χ3v) is 6.86. The zero-order valence-electron chi connectivity index (χ0n) is 17.2. The fraction of sp³-hybridized carbons (Fsp3) is 0.391. The lowest BCUT2D eigenvalue weighted by Crippen LogP contribution is -2.50. The van der Waals surface area contributed by atoms with Gasteiger partial charge in [-0.25, -0.2) is 0 Å². The van der Waals surface area contributed by atoms with E-state index in [2.05, 4.69) is 27.9 Å². The molecule has 1 fully saturated rings. The molecule has 5 nitrogen and oxygen atoms in total. The quantitative estimate of drug-likeness (QED) is 0.426. The van der Waals surface area contributed by atoms with Crippen LogP contribution in [-0.2, 0) is 16.1 Å². The summed E-state index contributed by atoms with van der Waals surface area (Å²) in [5.74, 6) is 0.0915. The fourth-order valence-corrected chi connectivity index (χ4v) is 4.46. The number of carbonyl (C=O) groups is 2. The monoisotopic (exact) mass is 574 g/mol. The Bertz CT molecular complexity index is 897. The molecule has 0 radical (unpaired) electrons. The number of rotatable bonds is 8. The van der Waals surface area contributed by atoms with Crippen molar-refractivity contribution in [2.75, 3.05) is 6.61 Å². The molecule has 2 aromatic rings. The molecule has 0 spiro atoms. The number of hydrogen-bond donors (Lipinski definition) is 1. The van der Waals surface area contributed by atoms with Crippen LogP contribution in [0, 0.1) is 3.57 Å². The van der Waals surface area contributed by atoms with Crippen LogP contribution in [0.15, 0.2) is 42.5 Å². The van der Waals surface area contributed by atoms with Crippen molar-refractivity contribution in [2.45, 2.75) is 51.2 Å². The molecule has 1 atom stereocenters. The van der Waals surface area contributed by atoms with E-state index in [1.807, 2.05) is 12.1 Å². The maximum Gasteiger partial charge on any atom is 0.261 e. The van der Waals surface area contributed by atoms with Crippen LogP contribution in [0.5, 0.6) is 5.75 Å². The van der Waals surface area contributed by atoms with Gasteiger partial charge in [0.25, 0.3) is 5.91 Å². The van der Waals surface area contributed by atoms with Crippen molar-refractivity contribution in [3.63, 3.8) is 0 Å². The van der Waals surface area contributed by atoms with Gasteiger partial charge in [-0.05, 0) is 78.8 Å². The molecule has 2 amide bonds. The van der Waals surface area contributed by atoms with E-state index in [1.54, 1.807) is 37.3 Å². The van der Waals surface area contributed by atoms with Gasteiger partial charge in [-0.15, -0.1) is 0 Å². The van der Waals surface area contributed by atoms with Crippen LogP contribution >= 0.6 is 45.8 Å². The molecule has 0 saturated heterocycles. The van der Waals surface area contributed by atoms with E-state index >= 15 is 0 Å². The number of amides is 2. The van der Waals surface area contributed by atoms with Crippen molar-refractivity contribution >= 4 is 57.6 Å². The molecule has 1 N–H and O–H groups in total. The molecule has 0 heterocycles. The maximum absolute atomic E-state index is 13.1. The van der Waals surface area contributed by atoms with Gasteiger partial charge in [0.15, 0.2) is 6.61 Å². The molecule has 166 valence electrons. The Balaban J connectivity index is 1.75. The summed E-state index contributed by atoms with van der Waals surface area (Å²) in [5.41, 5.74) is 0.606. The molecule has 1 aliphatic rings. The first-order chi connectivity index (χ1) is 14.8. The fourth-order valence-electron chi connectivity index (χ4n) is 3.59. The summed E-state index contributed by atoms with van der Waals surface area (Å²) in [4.78, 5) is 27.5. The highest BCUT2D eigenvalue weighted by atomic mass is 127. The minimum Gasteiger partial charge on any atom is -0.484 e. The molecule has 8 heteroatoms. The number of carbonyl (C=O) groups excluding carboxylic acids is 2. The Kier molecular flexibility index (Phi) is 8.86. The lowest BCUT2D eigenvalue weighted by atomic mass is 10.1. The van der Waals surface area contributed by atoms with E-state index in [0.29, 0.717) is 21.4 Å². The van der Waals surface area contributed by atoms with Crippen LogP contribution in [0.3, 0.4) is 0 Å². The van der Waals surface area contributed by atoms with Crippen molar-refractivity contribution < 1.29 is 14.3 Å². The number of nitrogens with zero attached hydrogens (tertiary/aromatic N) is 1. The van der Waals surface area contributed by atoms with Crippen LogP contribution in [-0.4, -0.2) is 35.4 Å². The average Bonchev–Trinajstić information content (AvgIpc) is 3.25. The number of benzene rings is 2. The lowest BCUT2D eigenvalue weighted by Gasteiger charge is -2.30. The van der Waals surface area contributed by atoms with Crippen LogP contribution in [0.2, 0.25) is 10.0 Å². The van der Waals surface area contributed by atoms with Crippen molar-refractivity contribution in [3.8, 4) is 5.75 Å². The topological polar surface area (TPSA) is 58.6 Å². The third kappa shape index (κ3) is 6.73. The molecular formula is C23H25Cl2IN2O3. The normalized spacial score (nSPS) is 14.8. The van der Waals surface area contributed by atoms with E-state index in [4.69, 9.17) is 27.9 Å². The number of ether oxygens (including phenoxy) is 1. The summed E-state index contributed by atoms with van der Waals surface area (Å²) >= 11 is 14.9. The largest absolute Gasteiger partial charge is 0.484 e. The predicted octanol–water partition coefficient (Wildman–Crippen LogP) is 5.45. The van der Waals surface area contributed by atoms with Crippen molar-refractivity contribution in [1.29, 1.82) is 0 Å². The summed E-state index contributed by atoms with van der Waals surface area (Å²) < 4.78 is 6.75. The second kappa shape index (κ2) is 11.4. The zero-order valence-corrected chi connectivity index (χ0v) is 20.9. The molecule has 0 bridgehead atoms. The minimum atomic E-state index is -0.694. The standard InChI is InChI=1S/C23H25Cl2IN2O3/c1-15(23(30)27-17-5-2-3-6-17)28(13-19-20(24)7-4-8-21(19)25)22(29)14-31-18-11-9-16(26)10-12-18/h4,7-12,15,17H,2-3,5-6,13-14H2,1H3,(H,27,30). The summed E-state index contributed by atoms with van der Waals surface area (Å²) in [6.07, 6.45) is 4.17. The van der Waals surface area contributed by atoms with Gasteiger partial charge >= 0.3 is 0 Å². The van der Waals surface area contributed by atoms with Gasteiger partial charge in [0.05, 0.1) is 0 Å². The van der Waals surface area contributed by atoms with E-state index < -0.39 is 6.04 Å². The molecule has 1 aliphatic carbocycles. The first kappa shape index (κ1) is 24.1. The highest BCUT2D eigenvalue weighted by molar-refractivity contribution is 14.1. The third-order valence-electron chi connectivity index (χ3n) is 5.43. The van der Waals surface area contributed by atoms with Crippen LogP contribution in [0.4, 0.5) is 0 Å². The Morgan fingerprint density at radius 1 is 1.13 bits per heavy atom. The van der Waals surface area contributed by atoms with Gasteiger partial charge in [0.1, 0.15) is 11.8 Å². The van der Waals surface area contributed by atoms with E-state index in [9.17, 15) is 9.59 Å². The van der Waals surface area contributed by atoms with Crippen LogP contribution < -0.4 is 10.1 Å². The first-order valence-corrected chi connectivity index (χ1v) is 12.1. The van der Waals surface area contributed by atoms with E-state index in [-0.39, 0.29) is 31.0 Å². The van der Waals surface area contributed by atoms with E-state index in [0.717, 1.165) is 29.3 Å². The average molecular weight is 575 g/mol. The Hall–Kier alpha value is -1.51. The lowest BCUT2D eigenvalue weighted by molar-refractivity contribution is -0.142. The highest BCUT2D eigenvalue weighted by Gasteiger charge is 2.29. The van der Waals surface area contributed by atoms with Crippen LogP contribution in [0.1, 0.15) is 38.2 Å². The Morgan fingerprint density at radius 2 is 1.74 bits per heavy atom. The minimum absolute atomic E-state index is 0.118. The van der Waals surface area contributed by atoms with Gasteiger partial charge < -0.3 is 15.0 Å². The Labute approximate surface area is 206 Å². The molecule has 31 heavy (non-hydrogen) atoms. The summed E-state index contributed by atoms with van der Waals surface area (Å²) in [7, 11) is 0. The highest BCUT2D eigenvalue weighted by Crippen LogP contribution is 2.27. The zero-order chi connectivity index (χ0) is 22.4. The first-order valence-electron chi connectivity index (χ1n) is 10.3. The van der Waals surface area contributed by atoms with Gasteiger partial charge in [-0.3, -0.25) is 9.59 Å².